The monoisotopic (exact) mass is 316 g/mol. The van der Waals surface area contributed by atoms with Gasteiger partial charge in [0.15, 0.2) is 0 Å². The Balaban J connectivity index is 2.01. The molecule has 0 aliphatic heterocycles. The summed E-state index contributed by atoms with van der Waals surface area (Å²) in [7, 11) is 0. The quantitative estimate of drug-likeness (QED) is 0.675. The maximum atomic E-state index is 4.69. The van der Waals surface area contributed by atoms with E-state index in [1.54, 1.807) is 6.20 Å². The van der Waals surface area contributed by atoms with Crippen molar-refractivity contribution < 1.29 is 0 Å². The van der Waals surface area contributed by atoms with Gasteiger partial charge in [-0.3, -0.25) is 9.55 Å². The zero-order valence-electron chi connectivity index (χ0n) is 14.4. The summed E-state index contributed by atoms with van der Waals surface area (Å²) >= 11 is 0. The number of aryl methyl sites for hydroxylation is 2. The molecule has 3 aromatic heterocycles. The predicted molar refractivity (Wildman–Crippen MR) is 95.1 cm³/mol. The van der Waals surface area contributed by atoms with Crippen molar-refractivity contribution in [2.45, 2.75) is 33.6 Å². The van der Waals surface area contributed by atoms with Crippen molar-refractivity contribution in [2.75, 3.05) is 0 Å². The first-order valence-corrected chi connectivity index (χ1v) is 8.01. The zero-order valence-corrected chi connectivity index (χ0v) is 14.4. The molecule has 0 spiro atoms. The van der Waals surface area contributed by atoms with Gasteiger partial charge in [0.05, 0.1) is 0 Å². The van der Waals surface area contributed by atoms with Crippen molar-refractivity contribution in [2.24, 2.45) is 0 Å². The Labute approximate surface area is 142 Å². The van der Waals surface area contributed by atoms with Gasteiger partial charge in [-0.15, -0.1) is 0 Å². The molecule has 0 aromatic carbocycles. The van der Waals surface area contributed by atoms with Crippen LogP contribution in [0.1, 0.15) is 48.2 Å². The van der Waals surface area contributed by atoms with Gasteiger partial charge in [-0.1, -0.05) is 25.8 Å². The van der Waals surface area contributed by atoms with E-state index in [1.165, 1.54) is 0 Å². The van der Waals surface area contributed by atoms with Crippen LogP contribution in [0.2, 0.25) is 0 Å². The van der Waals surface area contributed by atoms with Crippen molar-refractivity contribution in [3.8, 4) is 17.7 Å². The van der Waals surface area contributed by atoms with Crippen LogP contribution >= 0.6 is 0 Å². The van der Waals surface area contributed by atoms with Gasteiger partial charge in [0.25, 0.3) is 0 Å². The van der Waals surface area contributed by atoms with Crippen LogP contribution in [0.5, 0.6) is 0 Å². The first kappa shape index (κ1) is 15.9. The molecule has 0 atom stereocenters. The highest BCUT2D eigenvalue weighted by Crippen LogP contribution is 2.18. The molecule has 0 N–H and O–H groups in total. The third-order valence-corrected chi connectivity index (χ3v) is 3.60. The molecule has 0 unspecified atom stereocenters. The molecule has 0 aliphatic rings. The van der Waals surface area contributed by atoms with E-state index >= 15 is 0 Å². The van der Waals surface area contributed by atoms with Gasteiger partial charge >= 0.3 is 0 Å². The molecule has 3 heterocycles. The first-order valence-electron chi connectivity index (χ1n) is 8.01. The van der Waals surface area contributed by atoms with Gasteiger partial charge in [0.1, 0.15) is 17.3 Å². The molecule has 0 saturated carbocycles. The standard InChI is InChI=1S/C20H20N4/c1-14(2)20-23-18(9-8-17-10-11-21-16(4)12-17)13-24(20)19-7-5-6-15(3)22-19/h5-7,10-14H,1-4H3. The van der Waals surface area contributed by atoms with Gasteiger partial charge in [0, 0.05) is 35.3 Å². The Morgan fingerprint density at radius 3 is 2.54 bits per heavy atom. The first-order chi connectivity index (χ1) is 11.5. The SMILES string of the molecule is Cc1cc(C#Cc2cn(-c3cccc(C)n3)c(C(C)C)n2)ccn1. The molecular weight excluding hydrogens is 296 g/mol. The molecule has 0 fully saturated rings. The Kier molecular flexibility index (Phi) is 4.43. The second-order valence-electron chi connectivity index (χ2n) is 6.08. The van der Waals surface area contributed by atoms with Crippen LogP contribution in [-0.2, 0) is 0 Å². The third-order valence-electron chi connectivity index (χ3n) is 3.60. The minimum absolute atomic E-state index is 0.283. The van der Waals surface area contributed by atoms with Crippen molar-refractivity contribution in [1.29, 1.82) is 0 Å². The highest BCUT2D eigenvalue weighted by Gasteiger charge is 2.12. The molecule has 3 rings (SSSR count). The van der Waals surface area contributed by atoms with E-state index in [-0.39, 0.29) is 5.92 Å². The number of nitrogens with zero attached hydrogens (tertiary/aromatic N) is 4. The Hall–Kier alpha value is -2.93. The van der Waals surface area contributed by atoms with E-state index in [2.05, 4.69) is 40.6 Å². The van der Waals surface area contributed by atoms with Gasteiger partial charge in [0.2, 0.25) is 0 Å². The molecule has 3 aromatic rings. The molecule has 24 heavy (non-hydrogen) atoms. The van der Waals surface area contributed by atoms with Gasteiger partial charge in [-0.05, 0) is 44.0 Å². The Bertz CT molecular complexity index is 926. The van der Waals surface area contributed by atoms with Crippen molar-refractivity contribution in [3.05, 3.63) is 71.2 Å². The number of hydrogen-bond acceptors (Lipinski definition) is 3. The normalized spacial score (nSPS) is 10.5. The summed E-state index contributed by atoms with van der Waals surface area (Å²) in [5.74, 6) is 8.43. The summed E-state index contributed by atoms with van der Waals surface area (Å²) in [5.41, 5.74) is 3.63. The zero-order chi connectivity index (χ0) is 17.1. The van der Waals surface area contributed by atoms with E-state index in [0.29, 0.717) is 0 Å². The van der Waals surface area contributed by atoms with Crippen LogP contribution in [0.3, 0.4) is 0 Å². The van der Waals surface area contributed by atoms with Crippen molar-refractivity contribution in [1.82, 2.24) is 19.5 Å². The molecule has 4 heteroatoms. The maximum absolute atomic E-state index is 4.69. The fraction of sp³-hybridized carbons (Fsp3) is 0.250. The van der Waals surface area contributed by atoms with Gasteiger partial charge < -0.3 is 0 Å². The van der Waals surface area contributed by atoms with E-state index < -0.39 is 0 Å². The summed E-state index contributed by atoms with van der Waals surface area (Å²) in [6.07, 6.45) is 3.73. The van der Waals surface area contributed by atoms with Crippen LogP contribution in [0.15, 0.2) is 42.7 Å². The topological polar surface area (TPSA) is 43.6 Å². The summed E-state index contributed by atoms with van der Waals surface area (Å²) in [6, 6.07) is 9.86. The predicted octanol–water partition coefficient (Wildman–Crippen LogP) is 3.80. The molecule has 0 amide bonds. The van der Waals surface area contributed by atoms with Gasteiger partial charge in [-0.2, -0.15) is 0 Å². The molecule has 120 valence electrons. The Morgan fingerprint density at radius 2 is 1.83 bits per heavy atom. The van der Waals surface area contributed by atoms with E-state index in [0.717, 1.165) is 34.3 Å². The second kappa shape index (κ2) is 6.67. The van der Waals surface area contributed by atoms with Crippen LogP contribution in [0.4, 0.5) is 0 Å². The number of pyridine rings is 2. The number of hydrogen-bond donors (Lipinski definition) is 0. The van der Waals surface area contributed by atoms with E-state index in [4.69, 9.17) is 0 Å². The molecule has 0 radical (unpaired) electrons. The average molecular weight is 316 g/mol. The van der Waals surface area contributed by atoms with Crippen LogP contribution in [0, 0.1) is 25.7 Å². The highest BCUT2D eigenvalue weighted by atomic mass is 15.1. The molecule has 0 aliphatic carbocycles. The van der Waals surface area contributed by atoms with Crippen LogP contribution < -0.4 is 0 Å². The minimum atomic E-state index is 0.283. The third kappa shape index (κ3) is 3.52. The molecular formula is C20H20N4. The lowest BCUT2D eigenvalue weighted by atomic mass is 10.2. The van der Waals surface area contributed by atoms with E-state index in [9.17, 15) is 0 Å². The Morgan fingerprint density at radius 1 is 1.00 bits per heavy atom. The lowest BCUT2D eigenvalue weighted by Crippen LogP contribution is -2.04. The second-order valence-corrected chi connectivity index (χ2v) is 6.08. The van der Waals surface area contributed by atoms with Crippen LogP contribution in [-0.4, -0.2) is 19.5 Å². The van der Waals surface area contributed by atoms with Crippen molar-refractivity contribution in [3.63, 3.8) is 0 Å². The number of aromatic nitrogens is 4. The average Bonchev–Trinajstić information content (AvgIpc) is 2.98. The summed E-state index contributed by atoms with van der Waals surface area (Å²) in [4.78, 5) is 13.5. The molecule has 0 saturated heterocycles. The summed E-state index contributed by atoms with van der Waals surface area (Å²) in [6.45, 7) is 8.19. The number of rotatable bonds is 2. The largest absolute Gasteiger partial charge is 0.286 e. The van der Waals surface area contributed by atoms with Crippen molar-refractivity contribution >= 4 is 0 Å². The summed E-state index contributed by atoms with van der Waals surface area (Å²) < 4.78 is 2.03. The maximum Gasteiger partial charge on any atom is 0.138 e. The summed E-state index contributed by atoms with van der Waals surface area (Å²) in [5, 5.41) is 0. The smallest absolute Gasteiger partial charge is 0.138 e. The van der Waals surface area contributed by atoms with E-state index in [1.807, 2.05) is 54.9 Å². The lowest BCUT2D eigenvalue weighted by molar-refractivity contribution is 0.742. The van der Waals surface area contributed by atoms with Gasteiger partial charge in [-0.25, -0.2) is 9.97 Å². The molecule has 0 bridgehead atoms. The minimum Gasteiger partial charge on any atom is -0.286 e. The lowest BCUT2D eigenvalue weighted by Gasteiger charge is -2.09. The highest BCUT2D eigenvalue weighted by molar-refractivity contribution is 5.41. The fourth-order valence-electron chi connectivity index (χ4n) is 2.47. The number of imidazole rings is 1. The van der Waals surface area contributed by atoms with Crippen LogP contribution in [0.25, 0.3) is 5.82 Å². The fourth-order valence-corrected chi connectivity index (χ4v) is 2.47. The molecule has 4 nitrogen and oxygen atoms in total.